The van der Waals surface area contributed by atoms with Gasteiger partial charge in [0.25, 0.3) is 0 Å². The highest BCUT2D eigenvalue weighted by Gasteiger charge is 2.12. The van der Waals surface area contributed by atoms with Gasteiger partial charge < -0.3 is 5.32 Å². The van der Waals surface area contributed by atoms with Crippen LogP contribution in [-0.2, 0) is 0 Å². The Balaban J connectivity index is 2.05. The van der Waals surface area contributed by atoms with Crippen molar-refractivity contribution < 1.29 is 0 Å². The Morgan fingerprint density at radius 3 is 2.81 bits per heavy atom. The molecule has 1 heterocycles. The quantitative estimate of drug-likeness (QED) is 0.834. The third kappa shape index (κ3) is 2.76. The Labute approximate surface area is 102 Å². The minimum atomic E-state index is 0.227. The number of benzene rings is 1. The van der Waals surface area contributed by atoms with Crippen LogP contribution in [0.25, 0.3) is 0 Å². The standard InChI is InChI=1S/C13H17ClN2/c1-10(11-6-2-3-7-12(11)14)16-13-8-4-5-9-15-13/h2-3,6-7,10H,4-5,8-9H2,1H3,(H,15,16)/t10-/m0/s1. The molecule has 2 rings (SSSR count). The number of halogens is 1. The summed E-state index contributed by atoms with van der Waals surface area (Å²) >= 11 is 6.16. The lowest BCUT2D eigenvalue weighted by molar-refractivity contribution is 0.656. The predicted octanol–water partition coefficient (Wildman–Crippen LogP) is 3.57. The van der Waals surface area contributed by atoms with Crippen molar-refractivity contribution in [3.05, 3.63) is 34.9 Å². The highest BCUT2D eigenvalue weighted by atomic mass is 35.5. The first-order valence-corrected chi connectivity index (χ1v) is 6.19. The average molecular weight is 237 g/mol. The molecule has 0 saturated carbocycles. The largest absolute Gasteiger partial charge is 0.367 e. The van der Waals surface area contributed by atoms with Crippen LogP contribution in [0.15, 0.2) is 29.3 Å². The molecule has 1 aliphatic rings. The Kier molecular flexibility index (Phi) is 3.83. The molecule has 0 aromatic heterocycles. The summed E-state index contributed by atoms with van der Waals surface area (Å²) in [5.41, 5.74) is 1.14. The van der Waals surface area contributed by atoms with Gasteiger partial charge in [0.15, 0.2) is 0 Å². The van der Waals surface area contributed by atoms with E-state index in [9.17, 15) is 0 Å². The fourth-order valence-electron chi connectivity index (χ4n) is 1.97. The van der Waals surface area contributed by atoms with Gasteiger partial charge in [-0.15, -0.1) is 0 Å². The molecule has 1 aromatic carbocycles. The zero-order valence-corrected chi connectivity index (χ0v) is 10.3. The summed E-state index contributed by atoms with van der Waals surface area (Å²) in [7, 11) is 0. The molecule has 0 saturated heterocycles. The predicted molar refractivity (Wildman–Crippen MR) is 69.2 cm³/mol. The first kappa shape index (κ1) is 11.5. The van der Waals surface area contributed by atoms with Crippen molar-refractivity contribution in [1.29, 1.82) is 0 Å². The highest BCUT2D eigenvalue weighted by Crippen LogP contribution is 2.22. The van der Waals surface area contributed by atoms with E-state index in [1.165, 1.54) is 12.8 Å². The molecule has 1 aromatic rings. The van der Waals surface area contributed by atoms with Crippen molar-refractivity contribution in [2.45, 2.75) is 32.2 Å². The number of hydrogen-bond donors (Lipinski definition) is 1. The molecule has 0 radical (unpaired) electrons. The van der Waals surface area contributed by atoms with Gasteiger partial charge in [-0.3, -0.25) is 4.99 Å². The van der Waals surface area contributed by atoms with E-state index < -0.39 is 0 Å². The lowest BCUT2D eigenvalue weighted by atomic mass is 10.1. The fraction of sp³-hybridized carbons (Fsp3) is 0.462. The van der Waals surface area contributed by atoms with Crippen LogP contribution in [0.2, 0.25) is 5.02 Å². The molecule has 16 heavy (non-hydrogen) atoms. The number of rotatable bonds is 2. The van der Waals surface area contributed by atoms with Crippen LogP contribution in [0.1, 0.15) is 37.8 Å². The van der Waals surface area contributed by atoms with E-state index in [1.807, 2.05) is 18.2 Å². The Morgan fingerprint density at radius 2 is 2.12 bits per heavy atom. The minimum absolute atomic E-state index is 0.227. The van der Waals surface area contributed by atoms with E-state index in [0.29, 0.717) is 0 Å². The zero-order valence-electron chi connectivity index (χ0n) is 9.54. The summed E-state index contributed by atoms with van der Waals surface area (Å²) in [5.74, 6) is 1.12. The number of hydrogen-bond acceptors (Lipinski definition) is 2. The Bertz CT molecular complexity index is 387. The molecule has 0 amide bonds. The topological polar surface area (TPSA) is 24.4 Å². The molecule has 0 aliphatic carbocycles. The first-order valence-electron chi connectivity index (χ1n) is 5.81. The summed E-state index contributed by atoms with van der Waals surface area (Å²) in [4.78, 5) is 4.49. The van der Waals surface area contributed by atoms with Crippen molar-refractivity contribution in [3.63, 3.8) is 0 Å². The molecular weight excluding hydrogens is 220 g/mol. The van der Waals surface area contributed by atoms with E-state index in [2.05, 4.69) is 23.3 Å². The number of nitrogens with zero attached hydrogens (tertiary/aromatic N) is 1. The summed E-state index contributed by atoms with van der Waals surface area (Å²) in [6.45, 7) is 3.08. The maximum Gasteiger partial charge on any atom is 0.0967 e. The van der Waals surface area contributed by atoms with Crippen molar-refractivity contribution in [2.75, 3.05) is 6.54 Å². The third-order valence-electron chi connectivity index (χ3n) is 2.88. The molecule has 2 nitrogen and oxygen atoms in total. The monoisotopic (exact) mass is 236 g/mol. The lowest BCUT2D eigenvalue weighted by Gasteiger charge is -2.20. The van der Waals surface area contributed by atoms with Gasteiger partial charge in [0, 0.05) is 18.0 Å². The van der Waals surface area contributed by atoms with Crippen molar-refractivity contribution in [2.24, 2.45) is 4.99 Å². The van der Waals surface area contributed by atoms with E-state index >= 15 is 0 Å². The van der Waals surface area contributed by atoms with Crippen LogP contribution in [0.3, 0.4) is 0 Å². The second-order valence-electron chi connectivity index (χ2n) is 4.17. The van der Waals surface area contributed by atoms with E-state index in [4.69, 9.17) is 11.6 Å². The lowest BCUT2D eigenvalue weighted by Crippen LogP contribution is -2.28. The van der Waals surface area contributed by atoms with Crippen molar-refractivity contribution >= 4 is 17.4 Å². The van der Waals surface area contributed by atoms with Crippen LogP contribution in [0.4, 0.5) is 0 Å². The first-order chi connectivity index (χ1) is 7.77. The van der Waals surface area contributed by atoms with Crippen molar-refractivity contribution in [1.82, 2.24) is 5.32 Å². The maximum atomic E-state index is 6.16. The van der Waals surface area contributed by atoms with E-state index in [-0.39, 0.29) is 6.04 Å². The Hall–Kier alpha value is -1.02. The average Bonchev–Trinajstić information content (AvgIpc) is 2.31. The molecule has 0 unspecified atom stereocenters. The highest BCUT2D eigenvalue weighted by molar-refractivity contribution is 6.31. The molecule has 86 valence electrons. The van der Waals surface area contributed by atoms with E-state index in [0.717, 1.165) is 29.4 Å². The van der Waals surface area contributed by atoms with Crippen LogP contribution in [0, 0.1) is 0 Å². The molecular formula is C13H17ClN2. The van der Waals surface area contributed by atoms with Gasteiger partial charge in [-0.2, -0.15) is 0 Å². The van der Waals surface area contributed by atoms with Gasteiger partial charge in [0.05, 0.1) is 11.9 Å². The second kappa shape index (κ2) is 5.35. The third-order valence-corrected chi connectivity index (χ3v) is 3.22. The molecule has 1 atom stereocenters. The van der Waals surface area contributed by atoms with Gasteiger partial charge >= 0.3 is 0 Å². The smallest absolute Gasteiger partial charge is 0.0967 e. The molecule has 1 N–H and O–H groups in total. The molecule has 0 bridgehead atoms. The maximum absolute atomic E-state index is 6.16. The van der Waals surface area contributed by atoms with Gasteiger partial charge in [0.1, 0.15) is 0 Å². The summed E-state index contributed by atoms with van der Waals surface area (Å²) in [5, 5.41) is 4.26. The van der Waals surface area contributed by atoms with Crippen LogP contribution < -0.4 is 5.32 Å². The van der Waals surface area contributed by atoms with Gasteiger partial charge in [-0.05, 0) is 31.4 Å². The molecule has 0 spiro atoms. The Morgan fingerprint density at radius 1 is 1.31 bits per heavy atom. The van der Waals surface area contributed by atoms with Gasteiger partial charge in [-0.1, -0.05) is 29.8 Å². The molecule has 1 aliphatic heterocycles. The SMILES string of the molecule is C[C@H](NC1=NCCCC1)c1ccccc1Cl. The fourth-order valence-corrected chi connectivity index (χ4v) is 2.27. The molecule has 0 fully saturated rings. The minimum Gasteiger partial charge on any atom is -0.367 e. The normalized spacial score (nSPS) is 17.8. The second-order valence-corrected chi connectivity index (χ2v) is 4.58. The van der Waals surface area contributed by atoms with Crippen molar-refractivity contribution in [3.8, 4) is 0 Å². The zero-order chi connectivity index (χ0) is 11.4. The number of amidine groups is 1. The number of nitrogens with one attached hydrogen (secondary N) is 1. The van der Waals surface area contributed by atoms with Crippen LogP contribution in [-0.4, -0.2) is 12.4 Å². The summed E-state index contributed by atoms with van der Waals surface area (Å²) in [6.07, 6.45) is 3.52. The summed E-state index contributed by atoms with van der Waals surface area (Å²) in [6, 6.07) is 8.19. The van der Waals surface area contributed by atoms with Gasteiger partial charge in [-0.25, -0.2) is 0 Å². The van der Waals surface area contributed by atoms with Crippen LogP contribution in [0.5, 0.6) is 0 Å². The van der Waals surface area contributed by atoms with Crippen LogP contribution >= 0.6 is 11.6 Å². The van der Waals surface area contributed by atoms with E-state index in [1.54, 1.807) is 0 Å². The number of aliphatic imine (C=N–C) groups is 1. The molecule has 3 heteroatoms. The van der Waals surface area contributed by atoms with Gasteiger partial charge in [0.2, 0.25) is 0 Å². The summed E-state index contributed by atoms with van der Waals surface area (Å²) < 4.78 is 0.